The van der Waals surface area contributed by atoms with Gasteiger partial charge >= 0.3 is 0 Å². The average Bonchev–Trinajstić information content (AvgIpc) is 2.49. The van der Waals surface area contributed by atoms with E-state index in [1.807, 2.05) is 0 Å². The minimum atomic E-state index is -0.254. The molecule has 2 aromatic rings. The third kappa shape index (κ3) is 2.35. The molecule has 102 valence electrons. The molecule has 2 heterocycles. The Balaban J connectivity index is 1.86. The van der Waals surface area contributed by atoms with Gasteiger partial charge in [-0.3, -0.25) is 9.78 Å². The number of fused-ring (bicyclic) bond motifs is 1. The van der Waals surface area contributed by atoms with Gasteiger partial charge in [-0.2, -0.15) is 0 Å². The second-order valence-electron chi connectivity index (χ2n) is 4.27. The molecule has 0 radical (unpaired) electrons. The predicted molar refractivity (Wildman–Crippen MR) is 74.0 cm³/mol. The normalized spacial score (nSPS) is 12.8. The van der Waals surface area contributed by atoms with Gasteiger partial charge in [0.05, 0.1) is 11.4 Å². The van der Waals surface area contributed by atoms with Gasteiger partial charge in [0.2, 0.25) is 0 Å². The van der Waals surface area contributed by atoms with E-state index in [-0.39, 0.29) is 5.91 Å². The number of carbonyl (C=O) groups excluding carboxylic acids is 1. The van der Waals surface area contributed by atoms with Gasteiger partial charge in [-0.1, -0.05) is 0 Å². The number of hydrogen-bond acceptors (Lipinski definition) is 5. The van der Waals surface area contributed by atoms with Gasteiger partial charge in [-0.05, 0) is 12.1 Å². The van der Waals surface area contributed by atoms with Gasteiger partial charge in [0.1, 0.15) is 13.2 Å². The minimum absolute atomic E-state index is 0.254. The maximum Gasteiger partial charge on any atom is 0.255 e. The summed E-state index contributed by atoms with van der Waals surface area (Å²) < 4.78 is 10.9. The number of nitrogens with zero attached hydrogens (tertiary/aromatic N) is 1. The fraction of sp³-hybridized carbons (Fsp3) is 0.143. The molecule has 0 fully saturated rings. The lowest BCUT2D eigenvalue weighted by molar-refractivity contribution is 0.102. The van der Waals surface area contributed by atoms with E-state index in [2.05, 4.69) is 10.3 Å². The quantitative estimate of drug-likeness (QED) is 0.812. The lowest BCUT2D eigenvalue weighted by atomic mass is 10.2. The Morgan fingerprint density at radius 3 is 2.50 bits per heavy atom. The molecule has 6 heteroatoms. The Morgan fingerprint density at radius 2 is 1.80 bits per heavy atom. The number of rotatable bonds is 2. The molecule has 1 aliphatic heterocycles. The van der Waals surface area contributed by atoms with E-state index in [4.69, 9.17) is 15.2 Å². The van der Waals surface area contributed by atoms with Crippen LogP contribution >= 0.6 is 0 Å². The van der Waals surface area contributed by atoms with Crippen molar-refractivity contribution in [1.29, 1.82) is 0 Å². The van der Waals surface area contributed by atoms with Gasteiger partial charge < -0.3 is 20.5 Å². The van der Waals surface area contributed by atoms with Crippen LogP contribution in [0, 0.1) is 0 Å². The number of hydrogen-bond donors (Lipinski definition) is 2. The van der Waals surface area contributed by atoms with E-state index in [0.717, 1.165) is 0 Å². The monoisotopic (exact) mass is 271 g/mol. The molecule has 0 aliphatic carbocycles. The van der Waals surface area contributed by atoms with Crippen molar-refractivity contribution in [3.05, 3.63) is 42.2 Å². The smallest absolute Gasteiger partial charge is 0.255 e. The predicted octanol–water partition coefficient (Wildman–Crippen LogP) is 1.69. The van der Waals surface area contributed by atoms with Crippen LogP contribution in [-0.2, 0) is 0 Å². The highest BCUT2D eigenvalue weighted by atomic mass is 16.6. The van der Waals surface area contributed by atoms with Crippen LogP contribution in [0.5, 0.6) is 11.5 Å². The number of pyridine rings is 1. The molecule has 3 N–H and O–H groups in total. The van der Waals surface area contributed by atoms with Crippen LogP contribution in [0.1, 0.15) is 10.4 Å². The maximum absolute atomic E-state index is 12.1. The summed E-state index contributed by atoms with van der Waals surface area (Å²) in [6.07, 6.45) is 3.12. The maximum atomic E-state index is 12.1. The molecule has 6 nitrogen and oxygen atoms in total. The van der Waals surface area contributed by atoms with E-state index in [9.17, 15) is 4.79 Å². The molecule has 0 atom stereocenters. The SMILES string of the molecule is Nc1cc2c(cc1NC(=O)c1ccncc1)OCCO2. The third-order valence-corrected chi connectivity index (χ3v) is 2.91. The van der Waals surface area contributed by atoms with Crippen LogP contribution in [0.4, 0.5) is 11.4 Å². The Hall–Kier alpha value is -2.76. The number of ether oxygens (including phenoxy) is 2. The first-order chi connectivity index (χ1) is 9.74. The molecule has 3 rings (SSSR count). The van der Waals surface area contributed by atoms with Crippen LogP contribution in [0.3, 0.4) is 0 Å². The van der Waals surface area contributed by atoms with Gasteiger partial charge in [-0.25, -0.2) is 0 Å². The highest BCUT2D eigenvalue weighted by Crippen LogP contribution is 2.37. The van der Waals surface area contributed by atoms with Gasteiger partial charge in [0, 0.05) is 30.1 Å². The van der Waals surface area contributed by atoms with Crippen LogP contribution < -0.4 is 20.5 Å². The lowest BCUT2D eigenvalue weighted by Gasteiger charge is -2.20. The van der Waals surface area contributed by atoms with Crippen molar-refractivity contribution in [3.8, 4) is 11.5 Å². The zero-order valence-corrected chi connectivity index (χ0v) is 10.6. The topological polar surface area (TPSA) is 86.5 Å². The number of nitrogen functional groups attached to an aromatic ring is 1. The van der Waals surface area contributed by atoms with E-state index in [1.54, 1.807) is 36.7 Å². The number of amides is 1. The van der Waals surface area contributed by atoms with Crippen molar-refractivity contribution < 1.29 is 14.3 Å². The first-order valence-electron chi connectivity index (χ1n) is 6.14. The Morgan fingerprint density at radius 1 is 1.15 bits per heavy atom. The Labute approximate surface area is 115 Å². The van der Waals surface area contributed by atoms with Crippen molar-refractivity contribution >= 4 is 17.3 Å². The summed E-state index contributed by atoms with van der Waals surface area (Å²) >= 11 is 0. The van der Waals surface area contributed by atoms with E-state index < -0.39 is 0 Å². The summed E-state index contributed by atoms with van der Waals surface area (Å²) in [6, 6.07) is 6.58. The number of benzene rings is 1. The fourth-order valence-corrected chi connectivity index (χ4v) is 1.91. The number of nitrogens with one attached hydrogen (secondary N) is 1. The van der Waals surface area contributed by atoms with E-state index >= 15 is 0 Å². The summed E-state index contributed by atoms with van der Waals surface area (Å²) in [6.45, 7) is 0.976. The summed E-state index contributed by atoms with van der Waals surface area (Å²) in [5, 5.41) is 2.75. The number of aromatic nitrogens is 1. The van der Waals surface area contributed by atoms with Crippen LogP contribution in [-0.4, -0.2) is 24.1 Å². The Bertz CT molecular complexity index is 644. The average molecular weight is 271 g/mol. The number of carbonyl (C=O) groups is 1. The molecular formula is C14H13N3O3. The highest BCUT2D eigenvalue weighted by molar-refractivity contribution is 6.05. The lowest BCUT2D eigenvalue weighted by Crippen LogP contribution is -2.17. The zero-order chi connectivity index (χ0) is 13.9. The van der Waals surface area contributed by atoms with Crippen molar-refractivity contribution in [2.75, 3.05) is 24.3 Å². The van der Waals surface area contributed by atoms with Crippen molar-refractivity contribution in [2.45, 2.75) is 0 Å². The number of nitrogens with two attached hydrogens (primary N) is 1. The summed E-state index contributed by atoms with van der Waals surface area (Å²) in [5.74, 6) is 0.918. The molecule has 0 bridgehead atoms. The summed E-state index contributed by atoms with van der Waals surface area (Å²) in [7, 11) is 0. The molecule has 0 unspecified atom stereocenters. The minimum Gasteiger partial charge on any atom is -0.486 e. The van der Waals surface area contributed by atoms with E-state index in [0.29, 0.717) is 41.7 Å². The molecule has 1 aromatic heterocycles. The summed E-state index contributed by atoms with van der Waals surface area (Å²) in [5.41, 5.74) is 7.34. The highest BCUT2D eigenvalue weighted by Gasteiger charge is 2.16. The van der Waals surface area contributed by atoms with Crippen molar-refractivity contribution in [3.63, 3.8) is 0 Å². The molecule has 20 heavy (non-hydrogen) atoms. The molecular weight excluding hydrogens is 258 g/mol. The molecule has 0 saturated heterocycles. The standard InChI is InChI=1S/C14H13N3O3/c15-10-7-12-13(20-6-5-19-12)8-11(10)17-14(18)9-1-3-16-4-2-9/h1-4,7-8H,5-6,15H2,(H,17,18). The van der Waals surface area contributed by atoms with Crippen LogP contribution in [0.25, 0.3) is 0 Å². The number of anilines is 2. The van der Waals surface area contributed by atoms with Crippen LogP contribution in [0.2, 0.25) is 0 Å². The summed E-state index contributed by atoms with van der Waals surface area (Å²) in [4.78, 5) is 15.9. The largest absolute Gasteiger partial charge is 0.486 e. The molecule has 1 amide bonds. The molecule has 0 saturated carbocycles. The second kappa shape index (κ2) is 5.08. The first-order valence-corrected chi connectivity index (χ1v) is 6.14. The third-order valence-electron chi connectivity index (χ3n) is 2.91. The first kappa shape index (κ1) is 12.3. The Kier molecular flexibility index (Phi) is 3.12. The van der Waals surface area contributed by atoms with Gasteiger partial charge in [0.15, 0.2) is 11.5 Å². The van der Waals surface area contributed by atoms with Crippen molar-refractivity contribution in [2.24, 2.45) is 0 Å². The zero-order valence-electron chi connectivity index (χ0n) is 10.6. The molecule has 1 aliphatic rings. The van der Waals surface area contributed by atoms with Gasteiger partial charge in [0.25, 0.3) is 5.91 Å². The molecule has 0 spiro atoms. The fourth-order valence-electron chi connectivity index (χ4n) is 1.91. The molecule has 1 aromatic carbocycles. The van der Waals surface area contributed by atoms with Crippen LogP contribution in [0.15, 0.2) is 36.7 Å². The second-order valence-corrected chi connectivity index (χ2v) is 4.27. The van der Waals surface area contributed by atoms with E-state index in [1.165, 1.54) is 0 Å². The van der Waals surface area contributed by atoms with Crippen molar-refractivity contribution in [1.82, 2.24) is 4.98 Å². The van der Waals surface area contributed by atoms with Gasteiger partial charge in [-0.15, -0.1) is 0 Å².